The Morgan fingerprint density at radius 2 is 1.87 bits per heavy atom. The van der Waals surface area contributed by atoms with Crippen LogP contribution in [0.3, 0.4) is 0 Å². The molecule has 6 atom stereocenters. The molecule has 2 saturated carbocycles. The lowest BCUT2D eigenvalue weighted by atomic mass is 9.47. The van der Waals surface area contributed by atoms with E-state index in [1.54, 1.807) is 11.1 Å². The van der Waals surface area contributed by atoms with E-state index in [2.05, 4.69) is 32.9 Å². The Kier molecular flexibility index (Phi) is 3.77. The molecule has 6 unspecified atom stereocenters. The fourth-order valence-corrected chi connectivity index (χ4v) is 6.69. The number of hydrogen-bond donors (Lipinski definition) is 1. The molecule has 4 aliphatic carbocycles. The van der Waals surface area contributed by atoms with Gasteiger partial charge in [-0.25, -0.2) is 0 Å². The van der Waals surface area contributed by atoms with Gasteiger partial charge in [-0.3, -0.25) is 0 Å². The van der Waals surface area contributed by atoms with Crippen LogP contribution in [0.4, 0.5) is 0 Å². The van der Waals surface area contributed by atoms with Gasteiger partial charge >= 0.3 is 0 Å². The molecule has 4 rings (SSSR count). The summed E-state index contributed by atoms with van der Waals surface area (Å²) in [4.78, 5) is 0. The number of fused-ring (bicyclic) bond motifs is 5. The van der Waals surface area contributed by atoms with Crippen LogP contribution in [0.5, 0.6) is 0 Å². The molecule has 128 valence electrons. The molecule has 0 aromatic carbocycles. The van der Waals surface area contributed by atoms with Crippen molar-refractivity contribution in [3.63, 3.8) is 0 Å². The molecule has 0 aliphatic heterocycles. The molecule has 0 saturated heterocycles. The van der Waals surface area contributed by atoms with Crippen molar-refractivity contribution < 1.29 is 4.74 Å². The van der Waals surface area contributed by atoms with Crippen LogP contribution < -0.4 is 5.73 Å². The van der Waals surface area contributed by atoms with Gasteiger partial charge in [0, 0.05) is 0 Å². The van der Waals surface area contributed by atoms with Gasteiger partial charge in [-0.05, 0) is 80.5 Å². The number of rotatable bonds is 2. The highest BCUT2D eigenvalue weighted by atomic mass is 16.5. The molecule has 0 spiro atoms. The summed E-state index contributed by atoms with van der Waals surface area (Å²) in [7, 11) is 0. The Bertz CT molecular complexity index is 550. The van der Waals surface area contributed by atoms with E-state index in [1.807, 2.05) is 0 Å². The van der Waals surface area contributed by atoms with Gasteiger partial charge in [0.1, 0.15) is 0 Å². The van der Waals surface area contributed by atoms with E-state index in [1.165, 1.54) is 38.5 Å². The van der Waals surface area contributed by atoms with Crippen molar-refractivity contribution in [3.8, 4) is 0 Å². The van der Waals surface area contributed by atoms with Gasteiger partial charge in [-0.15, -0.1) is 0 Å². The van der Waals surface area contributed by atoms with Gasteiger partial charge < -0.3 is 10.5 Å². The van der Waals surface area contributed by atoms with Gasteiger partial charge in [0.05, 0.1) is 12.8 Å². The number of ether oxygens (including phenoxy) is 1. The summed E-state index contributed by atoms with van der Waals surface area (Å²) in [5.74, 6) is 2.66. The van der Waals surface area contributed by atoms with E-state index in [0.717, 1.165) is 24.2 Å². The average molecular weight is 316 g/mol. The van der Waals surface area contributed by atoms with Crippen molar-refractivity contribution in [2.75, 3.05) is 6.73 Å². The Balaban J connectivity index is 1.61. The highest BCUT2D eigenvalue weighted by Gasteiger charge is 2.55. The van der Waals surface area contributed by atoms with Crippen molar-refractivity contribution in [3.05, 3.63) is 23.3 Å². The van der Waals surface area contributed by atoms with E-state index in [-0.39, 0.29) is 0 Å². The lowest BCUT2D eigenvalue weighted by Crippen LogP contribution is -2.50. The van der Waals surface area contributed by atoms with Crippen LogP contribution in [0.25, 0.3) is 0 Å². The van der Waals surface area contributed by atoms with Crippen molar-refractivity contribution in [2.24, 2.45) is 34.3 Å². The van der Waals surface area contributed by atoms with Gasteiger partial charge in [-0.2, -0.15) is 0 Å². The fraction of sp³-hybridized carbons (Fsp3) is 0.810. The molecule has 2 nitrogen and oxygen atoms in total. The Morgan fingerprint density at radius 3 is 2.65 bits per heavy atom. The molecule has 2 N–H and O–H groups in total. The highest BCUT2D eigenvalue weighted by molar-refractivity contribution is 5.29. The molecule has 0 heterocycles. The quantitative estimate of drug-likeness (QED) is 0.586. The zero-order valence-electron chi connectivity index (χ0n) is 15.1. The fourth-order valence-electron chi connectivity index (χ4n) is 6.69. The van der Waals surface area contributed by atoms with Crippen LogP contribution in [-0.2, 0) is 4.74 Å². The summed E-state index contributed by atoms with van der Waals surface area (Å²) >= 11 is 0. The molecule has 0 aromatic rings. The first-order chi connectivity index (χ1) is 11.0. The van der Waals surface area contributed by atoms with Crippen LogP contribution >= 0.6 is 0 Å². The molecule has 2 heteroatoms. The van der Waals surface area contributed by atoms with Crippen molar-refractivity contribution in [1.29, 1.82) is 0 Å². The van der Waals surface area contributed by atoms with Crippen molar-refractivity contribution in [1.82, 2.24) is 0 Å². The SMILES string of the molecule is CC1=CCC2C3CC=C4CC(OCN)CCC4(C)C3CCC12C. The van der Waals surface area contributed by atoms with Crippen LogP contribution in [0.2, 0.25) is 0 Å². The zero-order chi connectivity index (χ0) is 16.2. The Labute approximate surface area is 141 Å². The first-order valence-electron chi connectivity index (χ1n) is 9.67. The van der Waals surface area contributed by atoms with Crippen molar-refractivity contribution in [2.45, 2.75) is 71.8 Å². The summed E-state index contributed by atoms with van der Waals surface area (Å²) in [5, 5.41) is 0. The van der Waals surface area contributed by atoms with Crippen LogP contribution in [0.1, 0.15) is 65.7 Å². The van der Waals surface area contributed by atoms with Gasteiger partial charge in [0.25, 0.3) is 0 Å². The zero-order valence-corrected chi connectivity index (χ0v) is 15.1. The third-order valence-electron chi connectivity index (χ3n) is 8.36. The first kappa shape index (κ1) is 15.9. The van der Waals surface area contributed by atoms with Gasteiger partial charge in [-0.1, -0.05) is 37.1 Å². The third kappa shape index (κ3) is 2.21. The summed E-state index contributed by atoms with van der Waals surface area (Å²) in [6, 6.07) is 0. The molecule has 0 bridgehead atoms. The number of nitrogens with two attached hydrogens (primary N) is 1. The first-order valence-corrected chi connectivity index (χ1v) is 9.67. The lowest BCUT2D eigenvalue weighted by Gasteiger charge is -2.57. The van der Waals surface area contributed by atoms with E-state index in [4.69, 9.17) is 10.5 Å². The van der Waals surface area contributed by atoms with Crippen molar-refractivity contribution >= 4 is 0 Å². The Hall–Kier alpha value is -0.600. The lowest BCUT2D eigenvalue weighted by molar-refractivity contribution is -0.0415. The van der Waals surface area contributed by atoms with Gasteiger partial charge in [0.15, 0.2) is 0 Å². The summed E-state index contributed by atoms with van der Waals surface area (Å²) in [6.45, 7) is 7.85. The van der Waals surface area contributed by atoms with Crippen LogP contribution in [-0.4, -0.2) is 12.8 Å². The monoisotopic (exact) mass is 315 g/mol. The predicted molar refractivity (Wildman–Crippen MR) is 94.8 cm³/mol. The molecular formula is C21H33NO. The van der Waals surface area contributed by atoms with E-state index >= 15 is 0 Å². The second-order valence-electron chi connectivity index (χ2n) is 9.04. The summed E-state index contributed by atoms with van der Waals surface area (Å²) in [5.41, 5.74) is 9.88. The van der Waals surface area contributed by atoms with Crippen LogP contribution in [0.15, 0.2) is 23.3 Å². The normalized spacial score (nSPS) is 48.9. The predicted octanol–water partition coefficient (Wildman–Crippen LogP) is 4.81. The summed E-state index contributed by atoms with van der Waals surface area (Å²) < 4.78 is 5.74. The second kappa shape index (κ2) is 5.46. The van der Waals surface area contributed by atoms with Gasteiger partial charge in [0.2, 0.25) is 0 Å². The maximum absolute atomic E-state index is 5.74. The maximum atomic E-state index is 5.74. The number of hydrogen-bond acceptors (Lipinski definition) is 2. The van der Waals surface area contributed by atoms with E-state index < -0.39 is 0 Å². The highest BCUT2D eigenvalue weighted by Crippen LogP contribution is 2.64. The largest absolute Gasteiger partial charge is 0.363 e. The molecule has 0 amide bonds. The van der Waals surface area contributed by atoms with Crippen LogP contribution in [0, 0.1) is 28.6 Å². The minimum Gasteiger partial charge on any atom is -0.363 e. The smallest absolute Gasteiger partial charge is 0.0944 e. The molecule has 0 radical (unpaired) electrons. The standard InChI is InChI=1S/C21H33NO/c1-14-4-7-18-17-6-5-15-12-16(23-13-22)8-10-21(15,3)19(17)9-11-20(14,18)2/h4-5,16-19H,6-13,22H2,1-3H3. The molecule has 4 aliphatic rings. The topological polar surface area (TPSA) is 35.2 Å². The molecule has 0 aromatic heterocycles. The minimum absolute atomic E-state index is 0.361. The summed E-state index contributed by atoms with van der Waals surface area (Å²) in [6.07, 6.45) is 14.5. The molecule has 23 heavy (non-hydrogen) atoms. The number of allylic oxidation sites excluding steroid dienone is 3. The molecule has 2 fully saturated rings. The van der Waals surface area contributed by atoms with E-state index in [9.17, 15) is 0 Å². The van der Waals surface area contributed by atoms with E-state index in [0.29, 0.717) is 23.7 Å². The molecular weight excluding hydrogens is 282 g/mol. The average Bonchev–Trinajstić information content (AvgIpc) is 2.84. The third-order valence-corrected chi connectivity index (χ3v) is 8.36. The second-order valence-corrected chi connectivity index (χ2v) is 9.04. The minimum atomic E-state index is 0.361. The maximum Gasteiger partial charge on any atom is 0.0944 e. The Morgan fingerprint density at radius 1 is 1.09 bits per heavy atom.